The zero-order chi connectivity index (χ0) is 20.7. The minimum absolute atomic E-state index is 0.0970. The van der Waals surface area contributed by atoms with Crippen molar-refractivity contribution in [1.82, 2.24) is 4.98 Å². The number of phenols is 2. The maximum absolute atomic E-state index is 10.4. The van der Waals surface area contributed by atoms with Gasteiger partial charge in [-0.25, -0.2) is 4.98 Å². The lowest BCUT2D eigenvalue weighted by Gasteiger charge is -2.03. The van der Waals surface area contributed by atoms with E-state index in [1.54, 1.807) is 42.6 Å². The molecule has 0 atom stereocenters. The van der Waals surface area contributed by atoms with Gasteiger partial charge >= 0.3 is 0 Å². The van der Waals surface area contributed by atoms with E-state index in [0.29, 0.717) is 38.8 Å². The summed E-state index contributed by atoms with van der Waals surface area (Å²) in [4.78, 5) is 8.92. The molecule has 30 heavy (non-hydrogen) atoms. The van der Waals surface area contributed by atoms with E-state index in [4.69, 9.17) is 16.0 Å². The highest BCUT2D eigenvalue weighted by Crippen LogP contribution is 2.35. The molecule has 0 saturated heterocycles. The van der Waals surface area contributed by atoms with Crippen molar-refractivity contribution in [3.63, 3.8) is 0 Å². The summed E-state index contributed by atoms with van der Waals surface area (Å²) in [6.45, 7) is 0. The third kappa shape index (κ3) is 3.36. The molecule has 5 rings (SSSR count). The van der Waals surface area contributed by atoms with Gasteiger partial charge in [0.05, 0.1) is 11.3 Å². The Labute approximate surface area is 176 Å². The summed E-state index contributed by atoms with van der Waals surface area (Å²) in [5, 5.41) is 22.8. The van der Waals surface area contributed by atoms with E-state index in [0.717, 1.165) is 10.8 Å². The van der Waals surface area contributed by atoms with Crippen LogP contribution >= 0.6 is 11.6 Å². The van der Waals surface area contributed by atoms with Gasteiger partial charge in [0.15, 0.2) is 5.58 Å². The van der Waals surface area contributed by atoms with E-state index in [2.05, 4.69) is 9.98 Å². The summed E-state index contributed by atoms with van der Waals surface area (Å²) in [6.07, 6.45) is 1.54. The van der Waals surface area contributed by atoms with Gasteiger partial charge in [-0.1, -0.05) is 35.9 Å². The second kappa shape index (κ2) is 7.21. The highest BCUT2D eigenvalue weighted by molar-refractivity contribution is 6.30. The molecule has 1 heterocycles. The van der Waals surface area contributed by atoms with E-state index in [-0.39, 0.29) is 11.5 Å². The number of phenolic OH excluding ortho intramolecular Hbond substituents is 2. The van der Waals surface area contributed by atoms with Crippen molar-refractivity contribution in [3.05, 3.63) is 83.4 Å². The molecule has 0 saturated carbocycles. The van der Waals surface area contributed by atoms with E-state index in [9.17, 15) is 10.2 Å². The number of oxazole rings is 1. The van der Waals surface area contributed by atoms with Crippen LogP contribution in [0, 0.1) is 0 Å². The van der Waals surface area contributed by atoms with Crippen LogP contribution in [-0.4, -0.2) is 21.4 Å². The highest BCUT2D eigenvalue weighted by Gasteiger charge is 2.14. The molecule has 6 heteroatoms. The van der Waals surface area contributed by atoms with Crippen LogP contribution in [0.4, 0.5) is 5.69 Å². The number of halogens is 1. The van der Waals surface area contributed by atoms with Gasteiger partial charge in [-0.3, -0.25) is 4.99 Å². The van der Waals surface area contributed by atoms with Crippen molar-refractivity contribution in [2.45, 2.75) is 0 Å². The molecule has 5 aromatic rings. The Kier molecular flexibility index (Phi) is 4.38. The van der Waals surface area contributed by atoms with Crippen LogP contribution in [-0.2, 0) is 0 Å². The van der Waals surface area contributed by atoms with E-state index in [1.165, 1.54) is 6.07 Å². The summed E-state index contributed by atoms with van der Waals surface area (Å²) >= 11 is 5.97. The van der Waals surface area contributed by atoms with E-state index < -0.39 is 0 Å². The van der Waals surface area contributed by atoms with Crippen molar-refractivity contribution in [2.24, 2.45) is 4.99 Å². The predicted octanol–water partition coefficient (Wildman–Crippen LogP) is 6.46. The first-order valence-corrected chi connectivity index (χ1v) is 9.60. The molecule has 0 spiro atoms. The monoisotopic (exact) mass is 414 g/mol. The molecule has 0 amide bonds. The third-order valence-corrected chi connectivity index (χ3v) is 5.04. The largest absolute Gasteiger partial charge is 0.507 e. The first-order chi connectivity index (χ1) is 14.6. The first-order valence-electron chi connectivity index (χ1n) is 9.22. The quantitative estimate of drug-likeness (QED) is 0.332. The third-order valence-electron chi connectivity index (χ3n) is 4.81. The van der Waals surface area contributed by atoms with E-state index >= 15 is 0 Å². The zero-order valence-corrected chi connectivity index (χ0v) is 16.3. The number of nitrogens with zero attached hydrogens (tertiary/aromatic N) is 2. The Balaban J connectivity index is 1.52. The molecule has 0 aliphatic carbocycles. The van der Waals surface area contributed by atoms with Crippen molar-refractivity contribution < 1.29 is 14.6 Å². The van der Waals surface area contributed by atoms with Crippen LogP contribution < -0.4 is 0 Å². The lowest BCUT2D eigenvalue weighted by atomic mass is 10.1. The standard InChI is InChI=1S/C24H15ClN2O3/c25-17-5-7-21(28)16(9-17)13-26-18-6-8-23-20(12-18)27-24(30-23)19-10-14-3-1-2-4-15(14)11-22(19)29/h1-13,28-29H. The van der Waals surface area contributed by atoms with Gasteiger partial charge in [0.25, 0.3) is 0 Å². The van der Waals surface area contributed by atoms with Crippen LogP contribution in [0.15, 0.2) is 82.2 Å². The van der Waals surface area contributed by atoms with Crippen LogP contribution in [0.3, 0.4) is 0 Å². The second-order valence-corrected chi connectivity index (χ2v) is 7.29. The Morgan fingerprint density at radius 1 is 0.867 bits per heavy atom. The molecular weight excluding hydrogens is 400 g/mol. The van der Waals surface area contributed by atoms with Crippen molar-refractivity contribution in [2.75, 3.05) is 0 Å². The maximum atomic E-state index is 10.4. The maximum Gasteiger partial charge on any atom is 0.231 e. The number of benzene rings is 4. The number of aromatic hydroxyl groups is 2. The Morgan fingerprint density at radius 2 is 1.67 bits per heavy atom. The first kappa shape index (κ1) is 18.2. The summed E-state index contributed by atoms with van der Waals surface area (Å²) in [6, 6.07) is 21.4. The minimum Gasteiger partial charge on any atom is -0.507 e. The van der Waals surface area contributed by atoms with Gasteiger partial charge in [-0.05, 0) is 59.3 Å². The number of rotatable bonds is 3. The molecule has 0 radical (unpaired) electrons. The van der Waals surface area contributed by atoms with Crippen molar-refractivity contribution in [1.29, 1.82) is 0 Å². The molecule has 0 unspecified atom stereocenters. The van der Waals surface area contributed by atoms with Crippen LogP contribution in [0.1, 0.15) is 5.56 Å². The fourth-order valence-corrected chi connectivity index (χ4v) is 3.46. The summed E-state index contributed by atoms with van der Waals surface area (Å²) < 4.78 is 5.86. The van der Waals surface area contributed by atoms with E-state index in [1.807, 2.05) is 30.3 Å². The number of hydrogen-bond acceptors (Lipinski definition) is 5. The van der Waals surface area contributed by atoms with Crippen molar-refractivity contribution in [3.8, 4) is 23.0 Å². The molecule has 0 fully saturated rings. The lowest BCUT2D eigenvalue weighted by Crippen LogP contribution is -1.82. The summed E-state index contributed by atoms with van der Waals surface area (Å²) in [5.74, 6) is 0.538. The van der Waals surface area contributed by atoms with Gasteiger partial charge in [-0.15, -0.1) is 0 Å². The molecule has 4 aromatic carbocycles. The average Bonchev–Trinajstić information content (AvgIpc) is 3.17. The van der Waals surface area contributed by atoms with Crippen LogP contribution in [0.5, 0.6) is 11.5 Å². The number of aliphatic imine (C=N–C) groups is 1. The number of fused-ring (bicyclic) bond motifs is 2. The Morgan fingerprint density at radius 3 is 2.50 bits per heavy atom. The SMILES string of the molecule is Oc1ccc(Cl)cc1C=Nc1ccc2oc(-c3cc4ccccc4cc3O)nc2c1. The molecule has 0 aliphatic rings. The van der Waals surface area contributed by atoms with Gasteiger partial charge in [0.1, 0.15) is 17.0 Å². The molecule has 0 bridgehead atoms. The number of aromatic nitrogens is 1. The lowest BCUT2D eigenvalue weighted by molar-refractivity contribution is 0.474. The Hall–Kier alpha value is -3.83. The molecule has 2 N–H and O–H groups in total. The normalized spacial score (nSPS) is 11.6. The van der Waals surface area contributed by atoms with Crippen LogP contribution in [0.25, 0.3) is 33.3 Å². The zero-order valence-electron chi connectivity index (χ0n) is 15.6. The summed E-state index contributed by atoms with van der Waals surface area (Å²) in [5.41, 5.74) is 2.89. The second-order valence-electron chi connectivity index (χ2n) is 6.85. The molecule has 5 nitrogen and oxygen atoms in total. The van der Waals surface area contributed by atoms with Gasteiger partial charge in [0.2, 0.25) is 5.89 Å². The summed E-state index contributed by atoms with van der Waals surface area (Å²) in [7, 11) is 0. The molecular formula is C24H15ClN2O3. The van der Waals surface area contributed by atoms with Crippen molar-refractivity contribution >= 4 is 45.4 Å². The minimum atomic E-state index is 0.0970. The average molecular weight is 415 g/mol. The van der Waals surface area contributed by atoms with Gasteiger partial charge < -0.3 is 14.6 Å². The molecule has 1 aromatic heterocycles. The molecule has 146 valence electrons. The molecule has 0 aliphatic heterocycles. The smallest absolute Gasteiger partial charge is 0.231 e. The topological polar surface area (TPSA) is 78.9 Å². The number of hydrogen-bond donors (Lipinski definition) is 2. The van der Waals surface area contributed by atoms with Gasteiger partial charge in [0, 0.05) is 16.8 Å². The predicted molar refractivity (Wildman–Crippen MR) is 119 cm³/mol. The Bertz CT molecular complexity index is 1440. The fraction of sp³-hybridized carbons (Fsp3) is 0. The highest BCUT2D eigenvalue weighted by atomic mass is 35.5. The van der Waals surface area contributed by atoms with Crippen LogP contribution in [0.2, 0.25) is 5.02 Å². The fourth-order valence-electron chi connectivity index (χ4n) is 3.28. The van der Waals surface area contributed by atoms with Gasteiger partial charge in [-0.2, -0.15) is 0 Å².